The maximum atomic E-state index is 11.6. The Kier molecular flexibility index (Phi) is 2.10. The first kappa shape index (κ1) is 10.2. The van der Waals surface area contributed by atoms with Gasteiger partial charge in [-0.15, -0.1) is 0 Å². The molecule has 0 amide bonds. The first-order valence-corrected chi connectivity index (χ1v) is 5.05. The number of ether oxygens (including phenoxy) is 2. The van der Waals surface area contributed by atoms with Crippen molar-refractivity contribution in [1.82, 2.24) is 0 Å². The van der Waals surface area contributed by atoms with Gasteiger partial charge in [0.15, 0.2) is 5.78 Å². The quantitative estimate of drug-likeness (QED) is 0.447. The third kappa shape index (κ3) is 1.76. The average Bonchev–Trinajstić information content (AvgIpc) is 1.97. The van der Waals surface area contributed by atoms with Crippen LogP contribution < -0.4 is 0 Å². The number of carbonyl (C=O) groups is 2. The Hall–Kier alpha value is -1.32. The Balaban J connectivity index is 2.40. The van der Waals surface area contributed by atoms with Gasteiger partial charge < -0.3 is 9.47 Å². The molecule has 0 aliphatic carbocycles. The van der Waals surface area contributed by atoms with Crippen molar-refractivity contribution in [2.24, 2.45) is 0 Å². The van der Waals surface area contributed by atoms with E-state index in [2.05, 4.69) is 0 Å². The molecule has 2 aliphatic heterocycles. The van der Waals surface area contributed by atoms with Crippen molar-refractivity contribution in [2.45, 2.75) is 45.3 Å². The highest BCUT2D eigenvalue weighted by atomic mass is 16.6. The zero-order valence-electron chi connectivity index (χ0n) is 9.12. The van der Waals surface area contributed by atoms with E-state index in [0.717, 1.165) is 0 Å². The lowest BCUT2D eigenvalue weighted by Gasteiger charge is -2.35. The molecule has 0 N–H and O–H groups in total. The van der Waals surface area contributed by atoms with Gasteiger partial charge >= 0.3 is 5.97 Å². The van der Waals surface area contributed by atoms with E-state index >= 15 is 0 Å². The molecule has 0 aromatic carbocycles. The maximum absolute atomic E-state index is 11.6. The summed E-state index contributed by atoms with van der Waals surface area (Å²) < 4.78 is 10.7. The zero-order valence-corrected chi connectivity index (χ0v) is 9.12. The molecule has 1 unspecified atom stereocenters. The van der Waals surface area contributed by atoms with Gasteiger partial charge in [-0.25, -0.2) is 4.79 Å². The Morgan fingerprint density at radius 3 is 2.67 bits per heavy atom. The van der Waals surface area contributed by atoms with Gasteiger partial charge in [-0.3, -0.25) is 4.79 Å². The van der Waals surface area contributed by atoms with Gasteiger partial charge in [-0.2, -0.15) is 0 Å². The van der Waals surface area contributed by atoms with Crippen molar-refractivity contribution < 1.29 is 19.1 Å². The van der Waals surface area contributed by atoms with Crippen molar-refractivity contribution in [3.05, 3.63) is 11.3 Å². The fourth-order valence-electron chi connectivity index (χ4n) is 1.94. The average molecular weight is 210 g/mol. The third-order valence-corrected chi connectivity index (χ3v) is 2.53. The van der Waals surface area contributed by atoms with Gasteiger partial charge in [0.05, 0.1) is 0 Å². The topological polar surface area (TPSA) is 52.6 Å². The first-order valence-electron chi connectivity index (χ1n) is 5.05. The second-order valence-corrected chi connectivity index (χ2v) is 4.68. The highest BCUT2D eigenvalue weighted by molar-refractivity contribution is 6.18. The van der Waals surface area contributed by atoms with E-state index in [-0.39, 0.29) is 23.9 Å². The van der Waals surface area contributed by atoms with Crippen LogP contribution in [-0.4, -0.2) is 23.5 Å². The largest absolute Gasteiger partial charge is 0.493 e. The molecule has 0 saturated carbocycles. The van der Waals surface area contributed by atoms with E-state index in [1.807, 2.05) is 20.8 Å². The number of ketones is 1. The van der Waals surface area contributed by atoms with Crippen LogP contribution in [0.3, 0.4) is 0 Å². The Labute approximate surface area is 88.2 Å². The van der Waals surface area contributed by atoms with Gasteiger partial charge in [0, 0.05) is 12.8 Å². The number of rotatable bonds is 0. The lowest BCUT2D eigenvalue weighted by molar-refractivity contribution is -0.158. The van der Waals surface area contributed by atoms with E-state index in [0.29, 0.717) is 12.2 Å². The summed E-state index contributed by atoms with van der Waals surface area (Å²) in [5.74, 6) is -0.206. The zero-order chi connectivity index (χ0) is 11.2. The lowest BCUT2D eigenvalue weighted by Crippen LogP contribution is -2.40. The lowest BCUT2D eigenvalue weighted by atomic mass is 9.92. The van der Waals surface area contributed by atoms with E-state index in [1.165, 1.54) is 0 Å². The number of cyclic esters (lactones) is 1. The van der Waals surface area contributed by atoms with Gasteiger partial charge in [0.1, 0.15) is 23.0 Å². The second kappa shape index (κ2) is 3.08. The fourth-order valence-corrected chi connectivity index (χ4v) is 1.94. The molecule has 4 nitrogen and oxygen atoms in total. The van der Waals surface area contributed by atoms with Gasteiger partial charge in [0.2, 0.25) is 0 Å². The van der Waals surface area contributed by atoms with Crippen LogP contribution in [0, 0.1) is 0 Å². The highest BCUT2D eigenvalue weighted by Gasteiger charge is 2.41. The molecule has 2 rings (SSSR count). The molecule has 4 heteroatoms. The minimum absolute atomic E-state index is 0.118. The van der Waals surface area contributed by atoms with Crippen LogP contribution in [0.25, 0.3) is 0 Å². The molecular formula is C11H14O4. The Bertz CT molecular complexity index is 365. The van der Waals surface area contributed by atoms with Crippen LogP contribution in [0.1, 0.15) is 33.6 Å². The van der Waals surface area contributed by atoms with E-state index < -0.39 is 11.6 Å². The molecule has 2 aliphatic rings. The molecule has 0 bridgehead atoms. The summed E-state index contributed by atoms with van der Waals surface area (Å²) in [7, 11) is 0. The summed E-state index contributed by atoms with van der Waals surface area (Å²) in [6.45, 7) is 5.44. The van der Waals surface area contributed by atoms with Crippen molar-refractivity contribution in [3.63, 3.8) is 0 Å². The molecule has 0 radical (unpaired) electrons. The molecule has 15 heavy (non-hydrogen) atoms. The van der Waals surface area contributed by atoms with E-state index in [4.69, 9.17) is 9.47 Å². The number of Topliss-reactive ketones (excluding diaryl/α,β-unsaturated/α-hetero) is 1. The Morgan fingerprint density at radius 1 is 1.33 bits per heavy atom. The molecule has 82 valence electrons. The van der Waals surface area contributed by atoms with Crippen molar-refractivity contribution in [2.75, 3.05) is 0 Å². The van der Waals surface area contributed by atoms with Crippen LogP contribution >= 0.6 is 0 Å². The van der Waals surface area contributed by atoms with Gasteiger partial charge in [-0.1, -0.05) is 0 Å². The van der Waals surface area contributed by atoms with Crippen molar-refractivity contribution in [3.8, 4) is 0 Å². The monoisotopic (exact) mass is 210 g/mol. The minimum Gasteiger partial charge on any atom is -0.493 e. The molecule has 2 heterocycles. The van der Waals surface area contributed by atoms with Crippen molar-refractivity contribution >= 4 is 11.8 Å². The third-order valence-electron chi connectivity index (χ3n) is 2.53. The molecule has 0 saturated heterocycles. The molecule has 1 atom stereocenters. The standard InChI is InChI=1S/C11H14O4/c1-6-4-7(12)9-8(14-6)5-11(2,3)15-10(9)13/h6H,4-5H2,1-3H3. The van der Waals surface area contributed by atoms with Crippen LogP contribution in [0.15, 0.2) is 11.3 Å². The van der Waals surface area contributed by atoms with Crippen LogP contribution in [-0.2, 0) is 19.1 Å². The number of hydrogen-bond acceptors (Lipinski definition) is 4. The minimum atomic E-state index is -0.576. The van der Waals surface area contributed by atoms with Crippen LogP contribution in [0.4, 0.5) is 0 Å². The maximum Gasteiger partial charge on any atom is 0.345 e. The SMILES string of the molecule is CC1CC(=O)C2=C(CC(C)(C)OC2=O)O1. The number of carbonyl (C=O) groups excluding carboxylic acids is 2. The fraction of sp³-hybridized carbons (Fsp3) is 0.636. The smallest absolute Gasteiger partial charge is 0.345 e. The summed E-state index contributed by atoms with van der Waals surface area (Å²) >= 11 is 0. The van der Waals surface area contributed by atoms with E-state index in [9.17, 15) is 9.59 Å². The predicted octanol–water partition coefficient (Wildman–Crippen LogP) is 1.34. The number of esters is 1. The number of hydrogen-bond donors (Lipinski definition) is 0. The molecular weight excluding hydrogens is 196 g/mol. The summed E-state index contributed by atoms with van der Waals surface area (Å²) in [6.07, 6.45) is 0.594. The first-order chi connectivity index (χ1) is 6.89. The molecule has 0 fully saturated rings. The molecule has 0 spiro atoms. The summed E-state index contributed by atoms with van der Waals surface area (Å²) in [6, 6.07) is 0. The summed E-state index contributed by atoms with van der Waals surface area (Å²) in [5.41, 5.74) is -0.458. The van der Waals surface area contributed by atoms with Gasteiger partial charge in [0.25, 0.3) is 0 Å². The summed E-state index contributed by atoms with van der Waals surface area (Å²) in [5, 5.41) is 0. The predicted molar refractivity (Wildman–Crippen MR) is 52.0 cm³/mol. The summed E-state index contributed by atoms with van der Waals surface area (Å²) in [4.78, 5) is 23.2. The normalized spacial score (nSPS) is 29.4. The molecule has 0 aromatic heterocycles. The Morgan fingerprint density at radius 2 is 2.00 bits per heavy atom. The molecule has 0 aromatic rings. The highest BCUT2D eigenvalue weighted by Crippen LogP contribution is 2.34. The van der Waals surface area contributed by atoms with Crippen LogP contribution in [0.5, 0.6) is 0 Å². The second-order valence-electron chi connectivity index (χ2n) is 4.68. The van der Waals surface area contributed by atoms with Crippen molar-refractivity contribution in [1.29, 1.82) is 0 Å². The van der Waals surface area contributed by atoms with Gasteiger partial charge in [-0.05, 0) is 20.8 Å². The van der Waals surface area contributed by atoms with Crippen LogP contribution in [0.2, 0.25) is 0 Å². The van der Waals surface area contributed by atoms with E-state index in [1.54, 1.807) is 0 Å².